The molecule has 0 bridgehead atoms. The molecule has 0 aliphatic heterocycles. The van der Waals surface area contributed by atoms with E-state index in [1.807, 2.05) is 0 Å². The van der Waals surface area contributed by atoms with Gasteiger partial charge in [0.15, 0.2) is 0 Å². The molecule has 0 spiro atoms. The van der Waals surface area contributed by atoms with E-state index in [1.54, 1.807) is 44.2 Å². The molecule has 1 aromatic carbocycles. The minimum absolute atomic E-state index is 0.0561. The van der Waals surface area contributed by atoms with Crippen LogP contribution in [0.3, 0.4) is 0 Å². The Balaban J connectivity index is 2.32. The van der Waals surface area contributed by atoms with Crippen LogP contribution in [-0.2, 0) is 0 Å². The molecule has 1 heterocycles. The molecular weight excluding hydrogens is 306 g/mol. The predicted molar refractivity (Wildman–Crippen MR) is 84.7 cm³/mol. The van der Waals surface area contributed by atoms with Crippen LogP contribution in [0.5, 0.6) is 5.75 Å². The number of carbonyl (C=O) groups is 1. The minimum atomic E-state index is -0.917. The standard InChI is InChI=1S/C15H14ClN3O3/c1-8-11(14(20)18-9(2)12(8)16)13(17)19-15(21)22-10-6-4-3-5-7-10/h3-7H,1-2H3,(H,18,20)(H2,17,19,21). The van der Waals surface area contributed by atoms with Crippen LogP contribution in [-0.4, -0.2) is 16.9 Å². The number of para-hydroxylation sites is 1. The third-order valence-electron chi connectivity index (χ3n) is 2.98. The molecule has 0 saturated carbocycles. The average Bonchev–Trinajstić information content (AvgIpc) is 2.45. The van der Waals surface area contributed by atoms with Gasteiger partial charge in [0.05, 0.1) is 10.6 Å². The lowest BCUT2D eigenvalue weighted by atomic mass is 10.1. The van der Waals surface area contributed by atoms with E-state index in [-0.39, 0.29) is 11.4 Å². The first-order valence-corrected chi connectivity index (χ1v) is 6.78. The fourth-order valence-corrected chi connectivity index (χ4v) is 2.07. The summed E-state index contributed by atoms with van der Waals surface area (Å²) in [5.41, 5.74) is 6.31. The quantitative estimate of drug-likeness (QED) is 0.656. The maximum atomic E-state index is 12.0. The number of pyridine rings is 1. The van der Waals surface area contributed by atoms with Crippen LogP contribution in [0.1, 0.15) is 16.8 Å². The van der Waals surface area contributed by atoms with Crippen LogP contribution in [0.2, 0.25) is 5.02 Å². The molecule has 2 rings (SSSR count). The van der Waals surface area contributed by atoms with E-state index >= 15 is 0 Å². The largest absolute Gasteiger partial charge is 0.441 e. The summed E-state index contributed by atoms with van der Waals surface area (Å²) in [6, 6.07) is 8.41. The van der Waals surface area contributed by atoms with Crippen molar-refractivity contribution >= 4 is 23.5 Å². The molecule has 1 amide bonds. The molecule has 1 aromatic heterocycles. The van der Waals surface area contributed by atoms with Gasteiger partial charge in [-0.3, -0.25) is 4.79 Å². The van der Waals surface area contributed by atoms with Crippen LogP contribution in [0.15, 0.2) is 40.1 Å². The Hall–Kier alpha value is -2.60. The van der Waals surface area contributed by atoms with E-state index < -0.39 is 11.7 Å². The maximum Gasteiger partial charge on any atom is 0.441 e. The van der Waals surface area contributed by atoms with E-state index in [2.05, 4.69) is 9.98 Å². The average molecular weight is 320 g/mol. The summed E-state index contributed by atoms with van der Waals surface area (Å²) in [5.74, 6) is 0.0817. The first-order chi connectivity index (χ1) is 10.4. The molecule has 22 heavy (non-hydrogen) atoms. The number of aromatic amines is 1. The highest BCUT2D eigenvalue weighted by Crippen LogP contribution is 2.19. The lowest BCUT2D eigenvalue weighted by Gasteiger charge is -2.08. The number of carbonyl (C=O) groups excluding carboxylic acids is 1. The number of nitrogens with one attached hydrogen (secondary N) is 1. The van der Waals surface area contributed by atoms with Gasteiger partial charge in [0.1, 0.15) is 11.6 Å². The fourth-order valence-electron chi connectivity index (χ4n) is 1.92. The minimum Gasteiger partial charge on any atom is -0.409 e. The van der Waals surface area contributed by atoms with Gasteiger partial charge in [-0.2, -0.15) is 4.99 Å². The lowest BCUT2D eigenvalue weighted by Crippen LogP contribution is -2.28. The van der Waals surface area contributed by atoms with Gasteiger partial charge < -0.3 is 15.5 Å². The van der Waals surface area contributed by atoms with Gasteiger partial charge in [-0.05, 0) is 31.5 Å². The molecule has 0 aliphatic rings. The number of benzene rings is 1. The summed E-state index contributed by atoms with van der Waals surface area (Å²) in [5, 5.41) is 0.365. The molecule has 0 aliphatic carbocycles. The topological polar surface area (TPSA) is 97.5 Å². The Morgan fingerprint density at radius 2 is 1.91 bits per heavy atom. The van der Waals surface area contributed by atoms with Crippen LogP contribution >= 0.6 is 11.6 Å². The Kier molecular flexibility index (Phi) is 4.62. The molecule has 7 heteroatoms. The van der Waals surface area contributed by atoms with Gasteiger partial charge in [0, 0.05) is 5.69 Å². The molecule has 0 unspecified atom stereocenters. The van der Waals surface area contributed by atoms with Crippen molar-refractivity contribution in [2.75, 3.05) is 0 Å². The number of hydrogen-bond donors (Lipinski definition) is 2. The van der Waals surface area contributed by atoms with E-state index in [0.29, 0.717) is 22.0 Å². The number of aliphatic imine (C=N–C) groups is 1. The van der Waals surface area contributed by atoms with Crippen molar-refractivity contribution < 1.29 is 9.53 Å². The van der Waals surface area contributed by atoms with Crippen LogP contribution in [0, 0.1) is 13.8 Å². The Labute approximate surface area is 131 Å². The number of nitrogens with zero attached hydrogens (tertiary/aromatic N) is 1. The first-order valence-electron chi connectivity index (χ1n) is 6.40. The number of amides is 1. The second-order valence-electron chi connectivity index (χ2n) is 4.57. The van der Waals surface area contributed by atoms with Crippen molar-refractivity contribution in [3.63, 3.8) is 0 Å². The van der Waals surface area contributed by atoms with Crippen molar-refractivity contribution in [2.45, 2.75) is 13.8 Å². The molecule has 0 saturated heterocycles. The van der Waals surface area contributed by atoms with Crippen molar-refractivity contribution in [2.24, 2.45) is 10.7 Å². The molecule has 6 nitrogen and oxygen atoms in total. The molecule has 2 aromatic rings. The first kappa shape index (κ1) is 15.8. The van der Waals surface area contributed by atoms with E-state index in [9.17, 15) is 9.59 Å². The van der Waals surface area contributed by atoms with Crippen LogP contribution in [0.25, 0.3) is 0 Å². The molecule has 0 fully saturated rings. The number of H-pyrrole nitrogens is 1. The second kappa shape index (κ2) is 6.44. The number of ether oxygens (including phenoxy) is 1. The summed E-state index contributed by atoms with van der Waals surface area (Å²) in [6.45, 7) is 3.29. The van der Waals surface area contributed by atoms with Gasteiger partial charge >= 0.3 is 6.09 Å². The number of rotatable bonds is 2. The normalized spacial score (nSPS) is 11.3. The van der Waals surface area contributed by atoms with Gasteiger partial charge in [0.25, 0.3) is 5.56 Å². The third-order valence-corrected chi connectivity index (χ3v) is 3.54. The van der Waals surface area contributed by atoms with E-state index in [1.165, 1.54) is 0 Å². The van der Waals surface area contributed by atoms with E-state index in [0.717, 1.165) is 0 Å². The molecule has 114 valence electrons. The highest BCUT2D eigenvalue weighted by Gasteiger charge is 2.15. The van der Waals surface area contributed by atoms with Crippen molar-refractivity contribution in [3.05, 3.63) is 62.5 Å². The monoisotopic (exact) mass is 319 g/mol. The van der Waals surface area contributed by atoms with Crippen LogP contribution in [0.4, 0.5) is 4.79 Å². The summed E-state index contributed by atoms with van der Waals surface area (Å²) in [4.78, 5) is 29.8. The van der Waals surface area contributed by atoms with Crippen molar-refractivity contribution in [3.8, 4) is 5.75 Å². The summed E-state index contributed by atoms with van der Waals surface area (Å²) < 4.78 is 4.99. The second-order valence-corrected chi connectivity index (χ2v) is 4.95. The molecule has 0 radical (unpaired) electrons. The lowest BCUT2D eigenvalue weighted by molar-refractivity contribution is 0.211. The smallest absolute Gasteiger partial charge is 0.409 e. The number of hydrogen-bond acceptors (Lipinski definition) is 3. The molecular formula is C15H14ClN3O3. The van der Waals surface area contributed by atoms with Gasteiger partial charge in [-0.15, -0.1) is 0 Å². The highest BCUT2D eigenvalue weighted by atomic mass is 35.5. The summed E-state index contributed by atoms with van der Waals surface area (Å²) >= 11 is 6.07. The molecule has 3 N–H and O–H groups in total. The number of nitrogens with two attached hydrogens (primary N) is 1. The van der Waals surface area contributed by atoms with Crippen molar-refractivity contribution in [1.82, 2.24) is 4.98 Å². The maximum absolute atomic E-state index is 12.0. The third kappa shape index (κ3) is 3.35. The summed E-state index contributed by atoms with van der Waals surface area (Å²) in [7, 11) is 0. The zero-order chi connectivity index (χ0) is 16.3. The zero-order valence-electron chi connectivity index (χ0n) is 12.0. The SMILES string of the molecule is Cc1[nH]c(=O)c(/C(N)=N/C(=O)Oc2ccccc2)c(C)c1Cl. The van der Waals surface area contributed by atoms with Gasteiger partial charge in [-0.25, -0.2) is 4.79 Å². The zero-order valence-corrected chi connectivity index (χ0v) is 12.8. The van der Waals surface area contributed by atoms with Crippen molar-refractivity contribution in [1.29, 1.82) is 0 Å². The summed E-state index contributed by atoms with van der Waals surface area (Å²) in [6.07, 6.45) is -0.917. The fraction of sp³-hybridized carbons (Fsp3) is 0.133. The Morgan fingerprint density at radius 3 is 2.55 bits per heavy atom. The van der Waals surface area contributed by atoms with E-state index in [4.69, 9.17) is 22.1 Å². The number of halogens is 1. The Morgan fingerprint density at radius 1 is 1.27 bits per heavy atom. The predicted octanol–water partition coefficient (Wildman–Crippen LogP) is 2.55. The highest BCUT2D eigenvalue weighted by molar-refractivity contribution is 6.32. The Bertz CT molecular complexity index is 798. The van der Waals surface area contributed by atoms with Gasteiger partial charge in [-0.1, -0.05) is 29.8 Å². The number of aryl methyl sites for hydroxylation is 1. The molecule has 0 atom stereocenters. The number of amidine groups is 1. The van der Waals surface area contributed by atoms with Crippen LogP contribution < -0.4 is 16.0 Å². The van der Waals surface area contributed by atoms with Gasteiger partial charge in [0.2, 0.25) is 0 Å². The number of aromatic nitrogens is 1.